The number of aliphatic carboxylic acids is 1. The Hall–Kier alpha value is -1.33. The largest absolute Gasteiger partial charge is 0.479 e. The molecule has 0 amide bonds. The molecule has 1 aliphatic heterocycles. The maximum absolute atomic E-state index is 10.8. The molecule has 1 aromatic heterocycles. The van der Waals surface area contributed by atoms with E-state index in [1.165, 1.54) is 0 Å². The van der Waals surface area contributed by atoms with Gasteiger partial charge < -0.3 is 14.3 Å². The van der Waals surface area contributed by atoms with Crippen LogP contribution in [0.5, 0.6) is 0 Å². The number of nitrogens with zero attached hydrogens (tertiary/aromatic N) is 1. The van der Waals surface area contributed by atoms with Crippen LogP contribution in [0.15, 0.2) is 16.7 Å². The zero-order chi connectivity index (χ0) is 11.5. The molecular formula is C11H15NO4. The summed E-state index contributed by atoms with van der Waals surface area (Å²) in [4.78, 5) is 12.8. The van der Waals surface area contributed by atoms with Crippen LogP contribution in [-0.2, 0) is 16.1 Å². The third kappa shape index (κ3) is 2.43. The van der Waals surface area contributed by atoms with E-state index < -0.39 is 12.1 Å². The van der Waals surface area contributed by atoms with E-state index in [2.05, 4.69) is 0 Å². The molecule has 2 rings (SSSR count). The van der Waals surface area contributed by atoms with Crippen molar-refractivity contribution >= 4 is 5.97 Å². The SMILES string of the molecule is Cc1ccoc1CN1CCOC(C(=O)O)C1. The standard InChI is InChI=1S/C11H15NO4/c1-8-2-4-15-9(8)6-12-3-5-16-10(7-12)11(13)14/h2,4,10H,3,5-7H2,1H3,(H,13,14). The second-order valence-corrected chi connectivity index (χ2v) is 3.96. The highest BCUT2D eigenvalue weighted by molar-refractivity contribution is 5.72. The average Bonchev–Trinajstić information content (AvgIpc) is 2.65. The van der Waals surface area contributed by atoms with Crippen LogP contribution in [0.2, 0.25) is 0 Å². The van der Waals surface area contributed by atoms with Crippen LogP contribution in [0.4, 0.5) is 0 Å². The van der Waals surface area contributed by atoms with E-state index in [4.69, 9.17) is 14.3 Å². The van der Waals surface area contributed by atoms with Gasteiger partial charge in [0.2, 0.25) is 0 Å². The van der Waals surface area contributed by atoms with Crippen LogP contribution < -0.4 is 0 Å². The Kier molecular flexibility index (Phi) is 3.26. The number of hydrogen-bond acceptors (Lipinski definition) is 4. The number of ether oxygens (including phenoxy) is 1. The summed E-state index contributed by atoms with van der Waals surface area (Å²) in [6.45, 7) is 4.23. The van der Waals surface area contributed by atoms with Gasteiger partial charge in [0.25, 0.3) is 0 Å². The van der Waals surface area contributed by atoms with Crippen LogP contribution in [0.1, 0.15) is 11.3 Å². The molecule has 1 atom stereocenters. The smallest absolute Gasteiger partial charge is 0.334 e. The van der Waals surface area contributed by atoms with E-state index in [0.717, 1.165) is 17.9 Å². The Labute approximate surface area is 93.6 Å². The zero-order valence-electron chi connectivity index (χ0n) is 9.18. The van der Waals surface area contributed by atoms with Crippen LogP contribution in [0.3, 0.4) is 0 Å². The van der Waals surface area contributed by atoms with E-state index in [0.29, 0.717) is 19.7 Å². The molecule has 0 spiro atoms. The molecule has 1 N–H and O–H groups in total. The van der Waals surface area contributed by atoms with Gasteiger partial charge in [-0.05, 0) is 18.6 Å². The number of aryl methyl sites for hydroxylation is 1. The summed E-state index contributed by atoms with van der Waals surface area (Å²) in [5.74, 6) is -0.00749. The van der Waals surface area contributed by atoms with Crippen molar-refractivity contribution in [1.29, 1.82) is 0 Å². The van der Waals surface area contributed by atoms with Gasteiger partial charge in [-0.2, -0.15) is 0 Å². The molecule has 1 saturated heterocycles. The highest BCUT2D eigenvalue weighted by Gasteiger charge is 2.26. The highest BCUT2D eigenvalue weighted by Crippen LogP contribution is 2.14. The second kappa shape index (κ2) is 4.67. The monoisotopic (exact) mass is 225 g/mol. The average molecular weight is 225 g/mol. The molecule has 0 aliphatic carbocycles. The lowest BCUT2D eigenvalue weighted by molar-refractivity contribution is -0.156. The summed E-state index contributed by atoms with van der Waals surface area (Å²) in [7, 11) is 0. The van der Waals surface area contributed by atoms with Gasteiger partial charge in [0.1, 0.15) is 5.76 Å². The quantitative estimate of drug-likeness (QED) is 0.827. The third-order valence-electron chi connectivity index (χ3n) is 2.76. The minimum absolute atomic E-state index is 0.412. The summed E-state index contributed by atoms with van der Waals surface area (Å²) in [6.07, 6.45) is 0.934. The molecule has 5 nitrogen and oxygen atoms in total. The van der Waals surface area contributed by atoms with E-state index in [9.17, 15) is 4.79 Å². The zero-order valence-corrected chi connectivity index (χ0v) is 9.18. The molecule has 2 heterocycles. The van der Waals surface area contributed by atoms with Crippen molar-refractivity contribution in [3.05, 3.63) is 23.7 Å². The molecule has 1 aliphatic rings. The number of carboxylic acids is 1. The fraction of sp³-hybridized carbons (Fsp3) is 0.545. The first-order chi connectivity index (χ1) is 7.66. The first kappa shape index (κ1) is 11.2. The van der Waals surface area contributed by atoms with Crippen molar-refractivity contribution in [2.24, 2.45) is 0 Å². The van der Waals surface area contributed by atoms with Gasteiger partial charge in [0.15, 0.2) is 6.10 Å². The molecule has 0 saturated carbocycles. The van der Waals surface area contributed by atoms with Gasteiger partial charge in [-0.15, -0.1) is 0 Å². The number of carbonyl (C=O) groups is 1. The molecule has 16 heavy (non-hydrogen) atoms. The van der Waals surface area contributed by atoms with Crippen molar-refractivity contribution in [2.75, 3.05) is 19.7 Å². The Morgan fingerprint density at radius 2 is 2.50 bits per heavy atom. The predicted molar refractivity (Wildman–Crippen MR) is 56.1 cm³/mol. The second-order valence-electron chi connectivity index (χ2n) is 3.96. The van der Waals surface area contributed by atoms with Crippen LogP contribution in [-0.4, -0.2) is 41.8 Å². The van der Waals surface area contributed by atoms with E-state index >= 15 is 0 Å². The number of carboxylic acid groups (broad SMARTS) is 1. The Morgan fingerprint density at radius 3 is 3.12 bits per heavy atom. The molecule has 1 aromatic rings. The van der Waals surface area contributed by atoms with Crippen molar-refractivity contribution < 1.29 is 19.1 Å². The summed E-state index contributed by atoms with van der Waals surface area (Å²) in [5, 5.41) is 8.86. The molecule has 88 valence electrons. The van der Waals surface area contributed by atoms with Gasteiger partial charge in [-0.25, -0.2) is 4.79 Å². The summed E-state index contributed by atoms with van der Waals surface area (Å²) >= 11 is 0. The lowest BCUT2D eigenvalue weighted by Gasteiger charge is -2.30. The normalized spacial score (nSPS) is 22.2. The molecule has 0 bridgehead atoms. The molecule has 1 unspecified atom stereocenters. The number of furan rings is 1. The van der Waals surface area contributed by atoms with Crippen molar-refractivity contribution in [2.45, 2.75) is 19.6 Å². The molecule has 1 fully saturated rings. The fourth-order valence-corrected chi connectivity index (χ4v) is 1.76. The van der Waals surface area contributed by atoms with Crippen LogP contribution in [0.25, 0.3) is 0 Å². The van der Waals surface area contributed by atoms with Crippen molar-refractivity contribution in [1.82, 2.24) is 4.90 Å². The first-order valence-electron chi connectivity index (χ1n) is 5.26. The van der Waals surface area contributed by atoms with Crippen LogP contribution >= 0.6 is 0 Å². The topological polar surface area (TPSA) is 62.9 Å². The first-order valence-corrected chi connectivity index (χ1v) is 5.26. The molecule has 5 heteroatoms. The Bertz CT molecular complexity index is 374. The molecule has 0 aromatic carbocycles. The van der Waals surface area contributed by atoms with Crippen molar-refractivity contribution in [3.63, 3.8) is 0 Å². The van der Waals surface area contributed by atoms with Crippen LogP contribution in [0, 0.1) is 6.92 Å². The number of morpholine rings is 1. The predicted octanol–water partition coefficient (Wildman–Crippen LogP) is 0.873. The van der Waals surface area contributed by atoms with Gasteiger partial charge >= 0.3 is 5.97 Å². The fourth-order valence-electron chi connectivity index (χ4n) is 1.76. The maximum Gasteiger partial charge on any atom is 0.334 e. The third-order valence-corrected chi connectivity index (χ3v) is 2.76. The van der Waals surface area contributed by atoms with E-state index in [1.807, 2.05) is 17.9 Å². The van der Waals surface area contributed by atoms with E-state index in [-0.39, 0.29) is 0 Å². The summed E-state index contributed by atoms with van der Waals surface area (Å²) in [6, 6.07) is 1.91. The van der Waals surface area contributed by atoms with Crippen molar-refractivity contribution in [3.8, 4) is 0 Å². The lowest BCUT2D eigenvalue weighted by Crippen LogP contribution is -2.45. The minimum Gasteiger partial charge on any atom is -0.479 e. The van der Waals surface area contributed by atoms with E-state index in [1.54, 1.807) is 6.26 Å². The van der Waals surface area contributed by atoms with Gasteiger partial charge in [-0.3, -0.25) is 4.90 Å². The van der Waals surface area contributed by atoms with Gasteiger partial charge in [-0.1, -0.05) is 0 Å². The van der Waals surface area contributed by atoms with Gasteiger partial charge in [0, 0.05) is 13.1 Å². The molecular weight excluding hydrogens is 210 g/mol. The number of rotatable bonds is 3. The summed E-state index contributed by atoms with van der Waals surface area (Å²) < 4.78 is 10.5. The van der Waals surface area contributed by atoms with Gasteiger partial charge in [0.05, 0.1) is 19.4 Å². The minimum atomic E-state index is -0.902. The maximum atomic E-state index is 10.8. The highest BCUT2D eigenvalue weighted by atomic mass is 16.5. The lowest BCUT2D eigenvalue weighted by atomic mass is 10.2. The Morgan fingerprint density at radius 1 is 1.69 bits per heavy atom. The number of hydrogen-bond donors (Lipinski definition) is 1. The Balaban J connectivity index is 1.95. The molecule has 0 radical (unpaired) electrons. The summed E-state index contributed by atoms with van der Waals surface area (Å²) in [5.41, 5.74) is 1.10.